The van der Waals surface area contributed by atoms with Gasteiger partial charge in [-0.2, -0.15) is 13.2 Å². The fourth-order valence-corrected chi connectivity index (χ4v) is 8.69. The van der Waals surface area contributed by atoms with Gasteiger partial charge in [0.2, 0.25) is 5.91 Å². The third-order valence-electron chi connectivity index (χ3n) is 10.2. The molecule has 3 aliphatic rings. The van der Waals surface area contributed by atoms with Crippen molar-refractivity contribution in [2.45, 2.75) is 75.7 Å². The molecule has 3 N–H and O–H groups in total. The molecule has 0 radical (unpaired) electrons. The van der Waals surface area contributed by atoms with Crippen molar-refractivity contribution in [3.63, 3.8) is 0 Å². The van der Waals surface area contributed by atoms with E-state index in [1.54, 1.807) is 17.0 Å². The summed E-state index contributed by atoms with van der Waals surface area (Å²) in [7, 11) is 0. The van der Waals surface area contributed by atoms with Crippen LogP contribution in [0.1, 0.15) is 62.1 Å². The molecule has 3 amide bonds. The van der Waals surface area contributed by atoms with Crippen LogP contribution in [0.3, 0.4) is 0 Å². The van der Waals surface area contributed by atoms with Crippen LogP contribution in [0.5, 0.6) is 5.75 Å². The molecule has 0 spiro atoms. The molecule has 3 aliphatic heterocycles. The van der Waals surface area contributed by atoms with Crippen molar-refractivity contribution < 1.29 is 27.9 Å². The van der Waals surface area contributed by atoms with Crippen molar-refractivity contribution in [1.82, 2.24) is 29.6 Å². The number of benzene rings is 2. The molecule has 3 saturated heterocycles. The smallest absolute Gasteiger partial charge is 0.416 e. The normalized spacial score (nSPS) is 19.1. The number of hydrogen-bond acceptors (Lipinski definition) is 5. The maximum atomic E-state index is 14.0. The van der Waals surface area contributed by atoms with Gasteiger partial charge in [-0.25, -0.2) is 9.59 Å². The van der Waals surface area contributed by atoms with E-state index in [0.717, 1.165) is 43.6 Å². The zero-order valence-electron chi connectivity index (χ0n) is 27.5. The molecule has 270 valence electrons. The quantitative estimate of drug-likeness (QED) is 0.251. The minimum Gasteiger partial charge on any atom is -0.506 e. The fourth-order valence-electron chi connectivity index (χ4n) is 7.41. The second kappa shape index (κ2) is 15.5. The first-order chi connectivity index (χ1) is 23.9. The minimum absolute atomic E-state index is 0.0480. The Morgan fingerprint density at radius 3 is 2.16 bits per heavy atom. The van der Waals surface area contributed by atoms with Gasteiger partial charge in [-0.05, 0) is 113 Å². The van der Waals surface area contributed by atoms with Crippen LogP contribution in [0.15, 0.2) is 56.3 Å². The third-order valence-corrected chi connectivity index (χ3v) is 11.4. The van der Waals surface area contributed by atoms with Crippen LogP contribution in [0, 0.1) is 0 Å². The molecule has 10 nitrogen and oxygen atoms in total. The van der Waals surface area contributed by atoms with Crippen LogP contribution >= 0.6 is 31.9 Å². The van der Waals surface area contributed by atoms with Crippen molar-refractivity contribution in [2.24, 2.45) is 0 Å². The number of H-pyrrole nitrogens is 1. The minimum atomic E-state index is -4.50. The molecule has 4 heterocycles. The number of likely N-dealkylation sites (tertiary alicyclic amines) is 3. The molecule has 0 bridgehead atoms. The van der Waals surface area contributed by atoms with E-state index in [-0.39, 0.29) is 41.4 Å². The molecule has 0 aliphatic carbocycles. The summed E-state index contributed by atoms with van der Waals surface area (Å²) in [5, 5.41) is 13.2. The van der Waals surface area contributed by atoms with Crippen LogP contribution in [-0.4, -0.2) is 92.6 Å². The second-order valence-corrected chi connectivity index (χ2v) is 15.2. The van der Waals surface area contributed by atoms with Gasteiger partial charge < -0.3 is 30.1 Å². The number of aromatic amines is 1. The van der Waals surface area contributed by atoms with Gasteiger partial charge in [0, 0.05) is 56.4 Å². The second-order valence-electron chi connectivity index (χ2n) is 13.4. The average Bonchev–Trinajstić information content (AvgIpc) is 3.51. The first kappa shape index (κ1) is 36.5. The SMILES string of the molecule is O=C(N[C@H](Cc1cc(Br)c(O)c(Br)c1)C(=O)N1CCC(N2CCCCC2)CC1)N1CCC(n2cc(-c3cccc(C(F)(F)F)c3)[nH]c2=O)CC1. The number of phenols is 1. The van der Waals surface area contributed by atoms with Gasteiger partial charge in [0.1, 0.15) is 11.8 Å². The fraction of sp³-hybridized carbons (Fsp3) is 0.514. The molecule has 1 aromatic heterocycles. The molecule has 3 aromatic rings. The number of aromatic hydroxyl groups is 1. The maximum Gasteiger partial charge on any atom is 0.416 e. The van der Waals surface area contributed by atoms with E-state index < -0.39 is 23.5 Å². The first-order valence-electron chi connectivity index (χ1n) is 17.1. The van der Waals surface area contributed by atoms with Crippen LogP contribution < -0.4 is 11.0 Å². The largest absolute Gasteiger partial charge is 0.506 e. The summed E-state index contributed by atoms with van der Waals surface area (Å²) in [5.74, 6) is -0.0987. The molecule has 3 fully saturated rings. The number of nitrogens with zero attached hydrogens (tertiary/aromatic N) is 4. The summed E-state index contributed by atoms with van der Waals surface area (Å²) < 4.78 is 42.2. The molecule has 6 rings (SSSR count). The number of urea groups is 1. The molecule has 50 heavy (non-hydrogen) atoms. The monoisotopic (exact) mass is 824 g/mol. The van der Waals surface area contributed by atoms with E-state index in [4.69, 9.17) is 0 Å². The Bertz CT molecular complexity index is 1720. The van der Waals surface area contributed by atoms with Crippen LogP contribution in [0.25, 0.3) is 11.3 Å². The van der Waals surface area contributed by atoms with Gasteiger partial charge >= 0.3 is 17.9 Å². The highest BCUT2D eigenvalue weighted by molar-refractivity contribution is 9.11. The number of piperidine rings is 3. The van der Waals surface area contributed by atoms with Crippen molar-refractivity contribution in [3.8, 4) is 17.0 Å². The summed E-state index contributed by atoms with van der Waals surface area (Å²) in [6.07, 6.45) is 3.64. The number of carbonyl (C=O) groups is 2. The van der Waals surface area contributed by atoms with E-state index in [0.29, 0.717) is 54.0 Å². The number of nitrogens with one attached hydrogen (secondary N) is 2. The van der Waals surface area contributed by atoms with Gasteiger partial charge in [-0.1, -0.05) is 18.6 Å². The number of amides is 3. The number of alkyl halides is 3. The maximum absolute atomic E-state index is 14.0. The number of imidazole rings is 1. The van der Waals surface area contributed by atoms with Gasteiger partial charge in [0.05, 0.1) is 20.2 Å². The van der Waals surface area contributed by atoms with Gasteiger partial charge in [-0.15, -0.1) is 0 Å². The Morgan fingerprint density at radius 1 is 0.900 bits per heavy atom. The number of hydrogen-bond donors (Lipinski definition) is 3. The van der Waals surface area contributed by atoms with E-state index in [1.165, 1.54) is 42.2 Å². The van der Waals surface area contributed by atoms with Crippen molar-refractivity contribution in [2.75, 3.05) is 39.3 Å². The number of carbonyl (C=O) groups excluding carboxylic acids is 2. The Balaban J connectivity index is 1.11. The van der Waals surface area contributed by atoms with Crippen molar-refractivity contribution >= 4 is 43.8 Å². The molecule has 0 unspecified atom stereocenters. The summed E-state index contributed by atoms with van der Waals surface area (Å²) in [6, 6.07) is 7.28. The molecular weight excluding hydrogens is 785 g/mol. The first-order valence-corrected chi connectivity index (χ1v) is 18.7. The van der Waals surface area contributed by atoms with Gasteiger partial charge in [0.25, 0.3) is 0 Å². The number of phenolic OH excluding ortho intramolecular Hbond substituents is 1. The lowest BCUT2D eigenvalue weighted by molar-refractivity contribution is -0.137. The molecular formula is C35H41Br2F3N6O4. The molecule has 0 saturated carbocycles. The van der Waals surface area contributed by atoms with Crippen LogP contribution in [-0.2, 0) is 17.4 Å². The number of aromatic nitrogens is 2. The number of rotatable bonds is 7. The summed E-state index contributed by atoms with van der Waals surface area (Å²) in [4.78, 5) is 49.2. The van der Waals surface area contributed by atoms with E-state index >= 15 is 0 Å². The van der Waals surface area contributed by atoms with Gasteiger partial charge in [0.15, 0.2) is 0 Å². The highest BCUT2D eigenvalue weighted by Gasteiger charge is 2.34. The predicted molar refractivity (Wildman–Crippen MR) is 190 cm³/mol. The predicted octanol–water partition coefficient (Wildman–Crippen LogP) is 6.53. The highest BCUT2D eigenvalue weighted by Crippen LogP contribution is 2.35. The Labute approximate surface area is 305 Å². The van der Waals surface area contributed by atoms with Gasteiger partial charge in [-0.3, -0.25) is 9.36 Å². The topological polar surface area (TPSA) is 114 Å². The Hall–Kier alpha value is -3.30. The van der Waals surface area contributed by atoms with Crippen molar-refractivity contribution in [1.29, 1.82) is 0 Å². The lowest BCUT2D eigenvalue weighted by Crippen LogP contribution is -2.56. The summed E-state index contributed by atoms with van der Waals surface area (Å²) in [5.41, 5.74) is 0.0702. The third kappa shape index (κ3) is 8.42. The lowest BCUT2D eigenvalue weighted by atomic mass is 9.98. The summed E-state index contributed by atoms with van der Waals surface area (Å²) in [6.45, 7) is 4.10. The highest BCUT2D eigenvalue weighted by atomic mass is 79.9. The van der Waals surface area contributed by atoms with Crippen LogP contribution in [0.2, 0.25) is 0 Å². The van der Waals surface area contributed by atoms with E-state index in [2.05, 4.69) is 47.1 Å². The zero-order chi connectivity index (χ0) is 35.6. The molecule has 2 aromatic carbocycles. The average molecular weight is 827 g/mol. The van der Waals surface area contributed by atoms with E-state index in [9.17, 15) is 32.7 Å². The zero-order valence-corrected chi connectivity index (χ0v) is 30.7. The number of halogens is 5. The molecule has 15 heteroatoms. The van der Waals surface area contributed by atoms with E-state index in [1.807, 2.05) is 4.90 Å². The molecule has 1 atom stereocenters. The van der Waals surface area contributed by atoms with Crippen molar-refractivity contribution in [3.05, 3.63) is 73.2 Å². The standard InChI is InChI=1S/C35H41Br2F3N6O4/c36-27-17-22(18-28(37)31(27)47)19-29(32(48)44-13-7-25(8-14-44)43-11-2-1-3-12-43)41-33(49)45-15-9-26(10-16-45)46-21-30(42-34(46)50)23-5-4-6-24(20-23)35(38,39)40/h4-6,17-18,20-21,25-26,29,47H,1-3,7-16,19H2,(H,41,49)(H,42,50)/t29-/m1/s1. The van der Waals surface area contributed by atoms with Crippen LogP contribution in [0.4, 0.5) is 18.0 Å². The summed E-state index contributed by atoms with van der Waals surface area (Å²) >= 11 is 6.73. The lowest BCUT2D eigenvalue weighted by Gasteiger charge is -2.41. The Kier molecular flexibility index (Phi) is 11.3. The Morgan fingerprint density at radius 2 is 1.52 bits per heavy atom.